The highest BCUT2D eigenvalue weighted by Crippen LogP contribution is 2.19. The van der Waals surface area contributed by atoms with Crippen LogP contribution in [0.25, 0.3) is 5.69 Å². The van der Waals surface area contributed by atoms with Crippen LogP contribution in [0, 0.1) is 11.7 Å². The maximum absolute atomic E-state index is 12.2. The Bertz CT molecular complexity index is 926. The van der Waals surface area contributed by atoms with E-state index in [0.29, 0.717) is 12.2 Å². The molecule has 1 saturated heterocycles. The zero-order valence-corrected chi connectivity index (χ0v) is 16.5. The van der Waals surface area contributed by atoms with Gasteiger partial charge in [-0.25, -0.2) is 0 Å². The quantitative estimate of drug-likeness (QED) is 0.454. The van der Waals surface area contributed by atoms with Gasteiger partial charge in [-0.3, -0.25) is 19.3 Å². The molecule has 2 heterocycles. The fourth-order valence-corrected chi connectivity index (χ4v) is 3.67. The highest BCUT2D eigenvalue weighted by molar-refractivity contribution is 7.71. The SMILES string of the molecule is Cc1cccc(-n2c(O)c(C=NCCCN3CCCCC3)c(=O)[nH]c2=S)c1. The smallest absolute Gasteiger partial charge is 0.264 e. The van der Waals surface area contributed by atoms with Crippen molar-refractivity contribution >= 4 is 18.4 Å². The Hall–Kier alpha value is -2.25. The van der Waals surface area contributed by atoms with Crippen LogP contribution in [0.3, 0.4) is 0 Å². The second-order valence-electron chi connectivity index (χ2n) is 6.96. The molecule has 0 radical (unpaired) electrons. The summed E-state index contributed by atoms with van der Waals surface area (Å²) in [6.07, 6.45) is 6.27. The molecule has 0 spiro atoms. The van der Waals surface area contributed by atoms with Crippen molar-refractivity contribution in [3.8, 4) is 11.6 Å². The third-order valence-corrected chi connectivity index (χ3v) is 5.10. The van der Waals surface area contributed by atoms with E-state index in [1.54, 1.807) is 0 Å². The number of H-pyrrole nitrogens is 1. The van der Waals surface area contributed by atoms with Gasteiger partial charge in [-0.2, -0.15) is 0 Å². The number of aliphatic imine (C=N–C) groups is 1. The first kappa shape index (κ1) is 19.5. The summed E-state index contributed by atoms with van der Waals surface area (Å²) in [5.74, 6) is -0.186. The van der Waals surface area contributed by atoms with Crippen LogP contribution in [0.1, 0.15) is 36.8 Å². The predicted molar refractivity (Wildman–Crippen MR) is 111 cm³/mol. The van der Waals surface area contributed by atoms with Crippen LogP contribution in [0.15, 0.2) is 34.1 Å². The van der Waals surface area contributed by atoms with Gasteiger partial charge in [-0.1, -0.05) is 18.6 Å². The van der Waals surface area contributed by atoms with E-state index in [1.807, 2.05) is 31.2 Å². The second kappa shape index (κ2) is 9.10. The number of hydrogen-bond donors (Lipinski definition) is 2. The molecule has 3 rings (SSSR count). The topological polar surface area (TPSA) is 73.6 Å². The second-order valence-corrected chi connectivity index (χ2v) is 7.35. The van der Waals surface area contributed by atoms with Gasteiger partial charge in [0.2, 0.25) is 5.88 Å². The number of aromatic nitrogens is 2. The van der Waals surface area contributed by atoms with E-state index in [1.165, 1.54) is 43.1 Å². The largest absolute Gasteiger partial charge is 0.494 e. The monoisotopic (exact) mass is 386 g/mol. The molecule has 0 saturated carbocycles. The van der Waals surface area contributed by atoms with Gasteiger partial charge in [0.05, 0.1) is 5.69 Å². The number of nitrogens with one attached hydrogen (secondary N) is 1. The normalized spacial score (nSPS) is 15.4. The van der Waals surface area contributed by atoms with Gasteiger partial charge in [0.15, 0.2) is 4.77 Å². The maximum atomic E-state index is 12.2. The minimum absolute atomic E-state index is 0.128. The number of likely N-dealkylation sites (tertiary alicyclic amines) is 1. The van der Waals surface area contributed by atoms with E-state index in [2.05, 4.69) is 14.9 Å². The number of piperidine rings is 1. The van der Waals surface area contributed by atoms with Crippen LogP contribution in [-0.4, -0.2) is 52.0 Å². The van der Waals surface area contributed by atoms with Crippen LogP contribution >= 0.6 is 12.2 Å². The van der Waals surface area contributed by atoms with E-state index in [-0.39, 0.29) is 16.2 Å². The van der Waals surface area contributed by atoms with Crippen molar-refractivity contribution in [1.29, 1.82) is 0 Å². The van der Waals surface area contributed by atoms with Crippen molar-refractivity contribution in [1.82, 2.24) is 14.5 Å². The molecule has 1 aromatic heterocycles. The maximum Gasteiger partial charge on any atom is 0.264 e. The van der Waals surface area contributed by atoms with Gasteiger partial charge in [-0.05, 0) is 75.7 Å². The molecule has 0 atom stereocenters. The van der Waals surface area contributed by atoms with Gasteiger partial charge in [-0.15, -0.1) is 0 Å². The minimum Gasteiger partial charge on any atom is -0.494 e. The number of aryl methyl sites for hydroxylation is 1. The third-order valence-electron chi connectivity index (χ3n) is 4.81. The van der Waals surface area contributed by atoms with Crippen molar-refractivity contribution in [3.63, 3.8) is 0 Å². The van der Waals surface area contributed by atoms with Crippen LogP contribution in [0.4, 0.5) is 0 Å². The summed E-state index contributed by atoms with van der Waals surface area (Å²) in [5.41, 5.74) is 1.44. The number of benzene rings is 1. The molecule has 1 aromatic carbocycles. The minimum atomic E-state index is -0.429. The van der Waals surface area contributed by atoms with Gasteiger partial charge < -0.3 is 10.0 Å². The molecule has 0 aliphatic carbocycles. The van der Waals surface area contributed by atoms with E-state index in [9.17, 15) is 9.90 Å². The van der Waals surface area contributed by atoms with Crippen molar-refractivity contribution in [2.75, 3.05) is 26.2 Å². The molecule has 1 fully saturated rings. The average molecular weight is 387 g/mol. The van der Waals surface area contributed by atoms with Gasteiger partial charge in [0, 0.05) is 12.8 Å². The molecule has 7 heteroatoms. The summed E-state index contributed by atoms with van der Waals surface area (Å²) in [7, 11) is 0. The summed E-state index contributed by atoms with van der Waals surface area (Å²) < 4.78 is 1.61. The van der Waals surface area contributed by atoms with E-state index >= 15 is 0 Å². The van der Waals surface area contributed by atoms with Crippen molar-refractivity contribution in [3.05, 3.63) is 50.5 Å². The summed E-state index contributed by atoms with van der Waals surface area (Å²) in [4.78, 5) is 21.7. The third kappa shape index (κ3) is 4.93. The average Bonchev–Trinajstić information content (AvgIpc) is 2.64. The van der Waals surface area contributed by atoms with E-state index < -0.39 is 5.56 Å². The Morgan fingerprint density at radius 3 is 2.81 bits per heavy atom. The van der Waals surface area contributed by atoms with E-state index in [0.717, 1.165) is 18.5 Å². The van der Waals surface area contributed by atoms with E-state index in [4.69, 9.17) is 12.2 Å². The zero-order chi connectivity index (χ0) is 19.2. The lowest BCUT2D eigenvalue weighted by molar-refractivity contribution is 0.228. The number of nitrogens with zero attached hydrogens (tertiary/aromatic N) is 3. The highest BCUT2D eigenvalue weighted by atomic mass is 32.1. The van der Waals surface area contributed by atoms with Crippen molar-refractivity contribution in [2.45, 2.75) is 32.6 Å². The molecule has 0 unspecified atom stereocenters. The fraction of sp³-hybridized carbons (Fsp3) is 0.450. The molecular formula is C20H26N4O2S. The lowest BCUT2D eigenvalue weighted by atomic mass is 10.1. The van der Waals surface area contributed by atoms with Crippen molar-refractivity contribution < 1.29 is 5.11 Å². The first-order valence-corrected chi connectivity index (χ1v) is 9.84. The standard InChI is InChI=1S/C20H26N4O2S/c1-15-7-5-8-16(13-15)24-19(26)17(18(25)22-20(24)27)14-21-9-6-12-23-10-3-2-4-11-23/h5,7-8,13-14,26H,2-4,6,9-12H2,1H3,(H,22,25,27). The summed E-state index contributed by atoms with van der Waals surface area (Å²) >= 11 is 5.24. The van der Waals surface area contributed by atoms with Gasteiger partial charge in [0.1, 0.15) is 5.56 Å². The lowest BCUT2D eigenvalue weighted by Crippen LogP contribution is -2.30. The Balaban J connectivity index is 1.74. The Labute approximate surface area is 164 Å². The number of rotatable bonds is 6. The first-order valence-electron chi connectivity index (χ1n) is 9.44. The molecule has 2 N–H and O–H groups in total. The summed E-state index contributed by atoms with van der Waals surface area (Å²) in [5, 5.41) is 10.6. The van der Waals surface area contributed by atoms with Crippen LogP contribution in [0.2, 0.25) is 0 Å². The number of aromatic hydroxyl groups is 1. The van der Waals surface area contributed by atoms with Crippen LogP contribution < -0.4 is 5.56 Å². The molecule has 1 aliphatic rings. The highest BCUT2D eigenvalue weighted by Gasteiger charge is 2.13. The lowest BCUT2D eigenvalue weighted by Gasteiger charge is -2.25. The molecule has 6 nitrogen and oxygen atoms in total. The van der Waals surface area contributed by atoms with Crippen LogP contribution in [-0.2, 0) is 0 Å². The predicted octanol–water partition coefficient (Wildman–Crippen LogP) is 3.20. The Kier molecular flexibility index (Phi) is 6.58. The van der Waals surface area contributed by atoms with Crippen molar-refractivity contribution in [2.24, 2.45) is 4.99 Å². The first-order chi connectivity index (χ1) is 13.1. The zero-order valence-electron chi connectivity index (χ0n) is 15.6. The number of aromatic amines is 1. The Morgan fingerprint density at radius 2 is 2.07 bits per heavy atom. The summed E-state index contributed by atoms with van der Waals surface area (Å²) in [6.45, 7) is 5.94. The molecule has 0 amide bonds. The Morgan fingerprint density at radius 1 is 1.30 bits per heavy atom. The fourth-order valence-electron chi connectivity index (χ4n) is 3.39. The van der Waals surface area contributed by atoms with Crippen LogP contribution in [0.5, 0.6) is 5.88 Å². The molecule has 1 aliphatic heterocycles. The summed E-state index contributed by atoms with van der Waals surface area (Å²) in [6, 6.07) is 7.57. The van der Waals surface area contributed by atoms with Gasteiger partial charge in [0.25, 0.3) is 5.56 Å². The molecule has 0 bridgehead atoms. The number of hydrogen-bond acceptors (Lipinski definition) is 5. The molecule has 144 valence electrons. The molecule has 2 aromatic rings. The van der Waals surface area contributed by atoms with Gasteiger partial charge >= 0.3 is 0 Å². The molecular weight excluding hydrogens is 360 g/mol. The molecule has 27 heavy (non-hydrogen) atoms.